The Morgan fingerprint density at radius 1 is 1.21 bits per heavy atom. The molecule has 0 bridgehead atoms. The van der Waals surface area contributed by atoms with Crippen LogP contribution in [0.4, 0.5) is 5.82 Å². The fourth-order valence-electron chi connectivity index (χ4n) is 2.93. The molecule has 8 heteroatoms. The Kier molecular flexibility index (Phi) is 5.60. The summed E-state index contributed by atoms with van der Waals surface area (Å²) in [5, 5.41) is 20.5. The van der Waals surface area contributed by atoms with E-state index < -0.39 is 0 Å². The molecule has 6 nitrogen and oxygen atoms in total. The van der Waals surface area contributed by atoms with Gasteiger partial charge in [-0.2, -0.15) is 10.4 Å². The number of ether oxygens (including phenoxy) is 1. The summed E-state index contributed by atoms with van der Waals surface area (Å²) in [4.78, 5) is 10.6. The van der Waals surface area contributed by atoms with Crippen molar-refractivity contribution in [2.24, 2.45) is 10.2 Å². The minimum absolute atomic E-state index is 0.478. The summed E-state index contributed by atoms with van der Waals surface area (Å²) < 4.78 is 6.50. The smallest absolute Gasteiger partial charge is 0.195 e. The molecule has 0 spiro atoms. The molecule has 0 saturated carbocycles. The molecule has 0 fully saturated rings. The van der Waals surface area contributed by atoms with Gasteiger partial charge in [-0.05, 0) is 43.0 Å². The lowest BCUT2D eigenvalue weighted by atomic mass is 10.1. The molecule has 0 saturated heterocycles. The van der Waals surface area contributed by atoms with Gasteiger partial charge in [0.15, 0.2) is 5.82 Å². The number of rotatable bonds is 6. The molecule has 0 atom stereocenters. The Morgan fingerprint density at radius 3 is 2.83 bits per heavy atom. The third kappa shape index (κ3) is 3.75. The van der Waals surface area contributed by atoms with Crippen LogP contribution >= 0.6 is 22.7 Å². The van der Waals surface area contributed by atoms with Crippen molar-refractivity contribution in [2.75, 3.05) is 6.61 Å². The van der Waals surface area contributed by atoms with Crippen LogP contribution in [-0.2, 0) is 6.54 Å². The van der Waals surface area contributed by atoms with Crippen molar-refractivity contribution in [3.63, 3.8) is 0 Å². The van der Waals surface area contributed by atoms with E-state index in [-0.39, 0.29) is 0 Å². The van der Waals surface area contributed by atoms with Gasteiger partial charge in [0.05, 0.1) is 23.6 Å². The van der Waals surface area contributed by atoms with E-state index in [1.165, 1.54) is 28.1 Å². The van der Waals surface area contributed by atoms with Crippen molar-refractivity contribution in [1.82, 2.24) is 9.97 Å². The third-order valence-corrected chi connectivity index (χ3v) is 6.56. The van der Waals surface area contributed by atoms with Crippen LogP contribution in [0.15, 0.2) is 52.3 Å². The third-order valence-electron chi connectivity index (χ3n) is 4.34. The summed E-state index contributed by atoms with van der Waals surface area (Å²) in [6, 6.07) is 12.1. The number of aryl methyl sites for hydroxylation is 1. The molecule has 0 amide bonds. The van der Waals surface area contributed by atoms with E-state index in [1.807, 2.05) is 36.6 Å². The molecule has 3 aromatic heterocycles. The molecule has 0 unspecified atom stereocenters. The number of benzene rings is 1. The fourth-order valence-corrected chi connectivity index (χ4v) is 4.92. The predicted octanol–water partition coefficient (Wildman–Crippen LogP) is 6.28. The van der Waals surface area contributed by atoms with Crippen LogP contribution in [0, 0.1) is 18.3 Å². The van der Waals surface area contributed by atoms with E-state index in [4.69, 9.17) is 4.74 Å². The zero-order chi connectivity index (χ0) is 20.2. The summed E-state index contributed by atoms with van der Waals surface area (Å²) in [6.45, 7) is 5.05. The minimum Gasteiger partial charge on any atom is -0.493 e. The van der Waals surface area contributed by atoms with Crippen molar-refractivity contribution < 1.29 is 4.74 Å². The lowest BCUT2D eigenvalue weighted by molar-refractivity contribution is 0.341. The highest BCUT2D eigenvalue weighted by Gasteiger charge is 2.20. The molecule has 3 heterocycles. The van der Waals surface area contributed by atoms with Crippen molar-refractivity contribution >= 4 is 38.7 Å². The van der Waals surface area contributed by atoms with E-state index in [2.05, 4.69) is 39.3 Å². The van der Waals surface area contributed by atoms with Crippen LogP contribution in [0.5, 0.6) is 5.75 Å². The van der Waals surface area contributed by atoms with Crippen LogP contribution in [0.3, 0.4) is 0 Å². The second-order valence-corrected chi connectivity index (χ2v) is 8.17. The van der Waals surface area contributed by atoms with Gasteiger partial charge >= 0.3 is 0 Å². The van der Waals surface area contributed by atoms with Gasteiger partial charge in [-0.25, -0.2) is 9.97 Å². The first kappa shape index (κ1) is 19.2. The number of azo groups is 1. The first-order chi connectivity index (χ1) is 14.2. The van der Waals surface area contributed by atoms with E-state index in [0.717, 1.165) is 20.9 Å². The molecule has 0 radical (unpaired) electrons. The van der Waals surface area contributed by atoms with Gasteiger partial charge in [0, 0.05) is 10.4 Å². The number of nitriles is 1. The first-order valence-corrected chi connectivity index (χ1v) is 10.7. The first-order valence-electron chi connectivity index (χ1n) is 9.03. The molecule has 0 aliphatic rings. The molecule has 0 aliphatic heterocycles. The molecule has 4 aromatic rings. The molecule has 0 aliphatic carbocycles. The second-order valence-electron chi connectivity index (χ2n) is 6.15. The maximum Gasteiger partial charge on any atom is 0.195 e. The Morgan fingerprint density at radius 2 is 2.07 bits per heavy atom. The van der Waals surface area contributed by atoms with E-state index >= 15 is 0 Å². The number of aromatic nitrogens is 2. The van der Waals surface area contributed by atoms with Crippen LogP contribution in [-0.4, -0.2) is 16.6 Å². The van der Waals surface area contributed by atoms with Crippen LogP contribution in [0.1, 0.15) is 22.9 Å². The Hall–Kier alpha value is -3.15. The molecule has 4 rings (SSSR count). The SMILES string of the molecule is CCOc1ccccc1-c1sc2c(N=NCc3sccc3C)ncnc2c1C#N. The highest BCUT2D eigenvalue weighted by molar-refractivity contribution is 7.23. The summed E-state index contributed by atoms with van der Waals surface area (Å²) in [7, 11) is 0. The van der Waals surface area contributed by atoms with E-state index in [9.17, 15) is 5.26 Å². The number of hydrogen-bond acceptors (Lipinski definition) is 8. The van der Waals surface area contributed by atoms with Crippen molar-refractivity contribution in [3.8, 4) is 22.3 Å². The highest BCUT2D eigenvalue weighted by Crippen LogP contribution is 2.43. The Balaban J connectivity index is 1.78. The molecular weight excluding hydrogens is 402 g/mol. The van der Waals surface area contributed by atoms with Gasteiger partial charge in [0.25, 0.3) is 0 Å². The van der Waals surface area contributed by atoms with Gasteiger partial charge in [-0.3, -0.25) is 0 Å². The second kappa shape index (κ2) is 8.47. The number of fused-ring (bicyclic) bond motifs is 1. The van der Waals surface area contributed by atoms with E-state index in [1.54, 1.807) is 11.3 Å². The van der Waals surface area contributed by atoms with Crippen molar-refractivity contribution in [2.45, 2.75) is 20.4 Å². The monoisotopic (exact) mass is 419 g/mol. The van der Waals surface area contributed by atoms with Gasteiger partial charge in [-0.1, -0.05) is 12.1 Å². The fraction of sp³-hybridized carbons (Fsp3) is 0.190. The maximum atomic E-state index is 9.81. The Bertz CT molecular complexity index is 1240. The lowest BCUT2D eigenvalue weighted by Gasteiger charge is -2.08. The number of nitrogens with zero attached hydrogens (tertiary/aromatic N) is 5. The molecule has 0 N–H and O–H groups in total. The van der Waals surface area contributed by atoms with E-state index in [0.29, 0.717) is 30.0 Å². The van der Waals surface area contributed by atoms with Crippen LogP contribution < -0.4 is 4.74 Å². The average molecular weight is 420 g/mol. The summed E-state index contributed by atoms with van der Waals surface area (Å²) >= 11 is 3.10. The van der Waals surface area contributed by atoms with Crippen molar-refractivity contribution in [3.05, 3.63) is 58.0 Å². The van der Waals surface area contributed by atoms with Crippen LogP contribution in [0.25, 0.3) is 20.7 Å². The van der Waals surface area contributed by atoms with Gasteiger partial charge in [-0.15, -0.1) is 27.8 Å². The standard InChI is InChI=1S/C21H17N5OS2/c1-3-27-16-7-5-4-6-14(16)19-15(10-22)18-20(29-19)21(24-12-23-18)26-25-11-17-13(2)8-9-28-17/h4-9,12H,3,11H2,1-2H3. The molecule has 1 aromatic carbocycles. The molecule has 29 heavy (non-hydrogen) atoms. The number of hydrogen-bond donors (Lipinski definition) is 0. The van der Waals surface area contributed by atoms with Crippen LogP contribution in [0.2, 0.25) is 0 Å². The molecular formula is C21H17N5OS2. The number of thiophene rings is 2. The number of para-hydroxylation sites is 1. The Labute approximate surface area is 176 Å². The van der Waals surface area contributed by atoms with Crippen molar-refractivity contribution in [1.29, 1.82) is 5.26 Å². The summed E-state index contributed by atoms with van der Waals surface area (Å²) in [5.74, 6) is 1.22. The highest BCUT2D eigenvalue weighted by atomic mass is 32.1. The van der Waals surface area contributed by atoms with Gasteiger partial charge in [0.1, 0.15) is 28.4 Å². The quantitative estimate of drug-likeness (QED) is 0.344. The maximum absolute atomic E-state index is 9.81. The lowest BCUT2D eigenvalue weighted by Crippen LogP contribution is -1.93. The molecule has 144 valence electrons. The topological polar surface area (TPSA) is 83.5 Å². The summed E-state index contributed by atoms with van der Waals surface area (Å²) in [5.41, 5.74) is 3.17. The predicted molar refractivity (Wildman–Crippen MR) is 116 cm³/mol. The minimum atomic E-state index is 0.478. The average Bonchev–Trinajstić information content (AvgIpc) is 3.32. The normalized spacial score (nSPS) is 11.2. The zero-order valence-corrected chi connectivity index (χ0v) is 17.5. The summed E-state index contributed by atoms with van der Waals surface area (Å²) in [6.07, 6.45) is 1.43. The zero-order valence-electron chi connectivity index (χ0n) is 15.9. The van der Waals surface area contributed by atoms with Gasteiger partial charge in [0.2, 0.25) is 0 Å². The van der Waals surface area contributed by atoms with Gasteiger partial charge < -0.3 is 4.74 Å². The largest absolute Gasteiger partial charge is 0.493 e.